The molecule has 3 rings (SSSR count). The van der Waals surface area contributed by atoms with Gasteiger partial charge in [-0.3, -0.25) is 4.79 Å². The monoisotopic (exact) mass is 325 g/mol. The minimum absolute atomic E-state index is 0.0562. The molecule has 2 aromatic rings. The van der Waals surface area contributed by atoms with Crippen LogP contribution in [-0.4, -0.2) is 20.1 Å². The number of nitrogens with one attached hydrogen (secondary N) is 1. The lowest BCUT2D eigenvalue weighted by Gasteiger charge is -2.26. The molecule has 2 aromatic carbocycles. The van der Waals surface area contributed by atoms with Crippen LogP contribution in [-0.2, 0) is 6.42 Å². The highest BCUT2D eigenvalue weighted by Gasteiger charge is 2.22. The molecule has 1 aliphatic rings. The number of hydrogen-bond acceptors (Lipinski definition) is 3. The van der Waals surface area contributed by atoms with Crippen molar-refractivity contribution in [1.82, 2.24) is 5.32 Å². The van der Waals surface area contributed by atoms with Gasteiger partial charge in [-0.1, -0.05) is 24.3 Å². The maximum atomic E-state index is 12.7. The van der Waals surface area contributed by atoms with E-state index >= 15 is 0 Å². The molecular formula is C20H23NO3. The largest absolute Gasteiger partial charge is 0.496 e. The van der Waals surface area contributed by atoms with Gasteiger partial charge < -0.3 is 14.8 Å². The highest BCUT2D eigenvalue weighted by atomic mass is 16.5. The van der Waals surface area contributed by atoms with Gasteiger partial charge in [-0.25, -0.2) is 0 Å². The molecule has 24 heavy (non-hydrogen) atoms. The van der Waals surface area contributed by atoms with Crippen molar-refractivity contribution in [3.05, 3.63) is 58.7 Å². The second kappa shape index (κ2) is 6.95. The highest BCUT2D eigenvalue weighted by molar-refractivity contribution is 5.95. The van der Waals surface area contributed by atoms with E-state index in [9.17, 15) is 4.79 Å². The Hall–Kier alpha value is -2.49. The van der Waals surface area contributed by atoms with Crippen LogP contribution in [0.5, 0.6) is 11.5 Å². The number of carbonyl (C=O) groups excluding carboxylic acids is 1. The van der Waals surface area contributed by atoms with E-state index in [1.807, 2.05) is 13.0 Å². The average Bonchev–Trinajstić information content (AvgIpc) is 2.62. The molecule has 0 heterocycles. The maximum absolute atomic E-state index is 12.7. The molecule has 1 atom stereocenters. The second-order valence-corrected chi connectivity index (χ2v) is 6.12. The Bertz CT molecular complexity index is 729. The fourth-order valence-electron chi connectivity index (χ4n) is 3.36. The molecule has 0 saturated heterocycles. The summed E-state index contributed by atoms with van der Waals surface area (Å²) >= 11 is 0. The summed E-state index contributed by atoms with van der Waals surface area (Å²) in [6.45, 7) is 1.91. The lowest BCUT2D eigenvalue weighted by Crippen LogP contribution is -2.31. The summed E-state index contributed by atoms with van der Waals surface area (Å²) < 4.78 is 10.7. The first-order chi connectivity index (χ1) is 11.6. The molecule has 4 heteroatoms. The minimum Gasteiger partial charge on any atom is -0.496 e. The van der Waals surface area contributed by atoms with E-state index in [-0.39, 0.29) is 11.9 Å². The molecule has 0 radical (unpaired) electrons. The summed E-state index contributed by atoms with van der Waals surface area (Å²) in [6.07, 6.45) is 3.13. The lowest BCUT2D eigenvalue weighted by atomic mass is 9.87. The van der Waals surface area contributed by atoms with Gasteiger partial charge in [-0.2, -0.15) is 0 Å². The smallest absolute Gasteiger partial charge is 0.252 e. The van der Waals surface area contributed by atoms with Gasteiger partial charge in [0.1, 0.15) is 11.5 Å². The van der Waals surface area contributed by atoms with Gasteiger partial charge >= 0.3 is 0 Å². The molecule has 4 nitrogen and oxygen atoms in total. The van der Waals surface area contributed by atoms with E-state index in [1.54, 1.807) is 26.4 Å². The van der Waals surface area contributed by atoms with Crippen molar-refractivity contribution in [3.8, 4) is 11.5 Å². The first kappa shape index (κ1) is 16.4. The summed E-state index contributed by atoms with van der Waals surface area (Å²) in [7, 11) is 3.20. The van der Waals surface area contributed by atoms with E-state index in [1.165, 1.54) is 11.1 Å². The second-order valence-electron chi connectivity index (χ2n) is 6.12. The van der Waals surface area contributed by atoms with Crippen LogP contribution in [0.3, 0.4) is 0 Å². The zero-order chi connectivity index (χ0) is 17.1. The third kappa shape index (κ3) is 3.09. The first-order valence-electron chi connectivity index (χ1n) is 8.25. The van der Waals surface area contributed by atoms with Gasteiger partial charge in [0.15, 0.2) is 0 Å². The summed E-state index contributed by atoms with van der Waals surface area (Å²) in [6, 6.07) is 11.9. The predicted molar refractivity (Wildman–Crippen MR) is 93.9 cm³/mol. The van der Waals surface area contributed by atoms with E-state index < -0.39 is 0 Å². The molecule has 0 bridgehead atoms. The third-order valence-electron chi connectivity index (χ3n) is 4.69. The maximum Gasteiger partial charge on any atom is 0.252 e. The Balaban J connectivity index is 1.86. The quantitative estimate of drug-likeness (QED) is 0.929. The molecule has 0 aromatic heterocycles. The van der Waals surface area contributed by atoms with E-state index in [0.29, 0.717) is 17.1 Å². The molecule has 126 valence electrons. The first-order valence-corrected chi connectivity index (χ1v) is 8.25. The van der Waals surface area contributed by atoms with Crippen LogP contribution in [0.1, 0.15) is 45.9 Å². The molecule has 1 N–H and O–H groups in total. The van der Waals surface area contributed by atoms with Gasteiger partial charge in [0, 0.05) is 11.1 Å². The van der Waals surface area contributed by atoms with Crippen molar-refractivity contribution in [3.63, 3.8) is 0 Å². The number of hydrogen-bond donors (Lipinski definition) is 1. The predicted octanol–water partition coefficient (Wildman–Crippen LogP) is 3.82. The van der Waals surface area contributed by atoms with Gasteiger partial charge in [-0.15, -0.1) is 0 Å². The number of ether oxygens (including phenoxy) is 2. The number of amides is 1. The molecule has 0 unspecified atom stereocenters. The van der Waals surface area contributed by atoms with E-state index in [4.69, 9.17) is 9.47 Å². The van der Waals surface area contributed by atoms with Crippen molar-refractivity contribution in [2.45, 2.75) is 32.2 Å². The van der Waals surface area contributed by atoms with Crippen molar-refractivity contribution in [2.75, 3.05) is 14.2 Å². The zero-order valence-electron chi connectivity index (χ0n) is 14.4. The number of carbonyl (C=O) groups is 1. The Kier molecular flexibility index (Phi) is 4.74. The van der Waals surface area contributed by atoms with Gasteiger partial charge in [-0.05, 0) is 49.4 Å². The Labute approximate surface area is 142 Å². The number of benzene rings is 2. The lowest BCUT2D eigenvalue weighted by molar-refractivity contribution is 0.0932. The topological polar surface area (TPSA) is 47.6 Å². The number of aryl methyl sites for hydroxylation is 1. The van der Waals surface area contributed by atoms with Crippen molar-refractivity contribution in [2.24, 2.45) is 0 Å². The van der Waals surface area contributed by atoms with Crippen LogP contribution in [0, 0.1) is 6.92 Å². The fourth-order valence-corrected chi connectivity index (χ4v) is 3.36. The van der Waals surface area contributed by atoms with Crippen molar-refractivity contribution >= 4 is 5.91 Å². The Morgan fingerprint density at radius 3 is 2.46 bits per heavy atom. The van der Waals surface area contributed by atoms with Crippen molar-refractivity contribution < 1.29 is 14.3 Å². The van der Waals surface area contributed by atoms with Gasteiger partial charge in [0.2, 0.25) is 0 Å². The van der Waals surface area contributed by atoms with Gasteiger partial charge in [0.25, 0.3) is 5.91 Å². The van der Waals surface area contributed by atoms with Crippen LogP contribution < -0.4 is 14.8 Å². The molecule has 0 spiro atoms. The fraction of sp³-hybridized carbons (Fsp3) is 0.350. The number of methoxy groups -OCH3 is 2. The molecular weight excluding hydrogens is 302 g/mol. The average molecular weight is 325 g/mol. The number of fused-ring (bicyclic) bond motifs is 1. The zero-order valence-corrected chi connectivity index (χ0v) is 14.4. The highest BCUT2D eigenvalue weighted by Crippen LogP contribution is 2.32. The van der Waals surface area contributed by atoms with Crippen LogP contribution in [0.25, 0.3) is 0 Å². The van der Waals surface area contributed by atoms with Gasteiger partial charge in [0.05, 0.1) is 20.3 Å². The molecule has 1 amide bonds. The number of rotatable bonds is 4. The van der Waals surface area contributed by atoms with Crippen LogP contribution in [0.4, 0.5) is 0 Å². The molecule has 0 aliphatic heterocycles. The van der Waals surface area contributed by atoms with Crippen LogP contribution in [0.2, 0.25) is 0 Å². The molecule has 1 aliphatic carbocycles. The SMILES string of the molecule is COc1cc(C(=O)N[C@H]2CCCc3ccccc32)cc(OC)c1C. The third-order valence-corrected chi connectivity index (χ3v) is 4.69. The summed E-state index contributed by atoms with van der Waals surface area (Å²) in [5.74, 6) is 1.21. The molecule has 0 saturated carbocycles. The minimum atomic E-state index is -0.103. The summed E-state index contributed by atoms with van der Waals surface area (Å²) in [5.41, 5.74) is 3.99. The Morgan fingerprint density at radius 1 is 1.12 bits per heavy atom. The van der Waals surface area contributed by atoms with Crippen LogP contribution >= 0.6 is 0 Å². The van der Waals surface area contributed by atoms with Crippen LogP contribution in [0.15, 0.2) is 36.4 Å². The van der Waals surface area contributed by atoms with E-state index in [0.717, 1.165) is 24.8 Å². The standard InChI is InChI=1S/C20H23NO3/c1-13-18(23-2)11-15(12-19(13)24-3)20(22)21-17-10-6-8-14-7-4-5-9-16(14)17/h4-5,7,9,11-12,17H,6,8,10H2,1-3H3,(H,21,22)/t17-/m0/s1. The van der Waals surface area contributed by atoms with Crippen molar-refractivity contribution in [1.29, 1.82) is 0 Å². The van der Waals surface area contributed by atoms with E-state index in [2.05, 4.69) is 23.5 Å². The summed E-state index contributed by atoms with van der Waals surface area (Å²) in [4.78, 5) is 12.7. The summed E-state index contributed by atoms with van der Waals surface area (Å²) in [5, 5.41) is 3.16. The Morgan fingerprint density at radius 2 is 1.79 bits per heavy atom. The normalized spacial score (nSPS) is 16.2. The molecule has 0 fully saturated rings.